The number of rotatable bonds is 0. The number of fused-ring (bicyclic) bond motifs is 2. The van der Waals surface area contributed by atoms with E-state index < -0.39 is 5.60 Å². The van der Waals surface area contributed by atoms with Gasteiger partial charge in [0.1, 0.15) is 5.60 Å². The first-order valence-corrected chi connectivity index (χ1v) is 6.62. The zero-order chi connectivity index (χ0) is 12.9. The van der Waals surface area contributed by atoms with Crippen LogP contribution in [0.25, 0.3) is 0 Å². The fraction of sp³-hybridized carbons (Fsp3) is 0.600. The summed E-state index contributed by atoms with van der Waals surface area (Å²) in [6, 6.07) is 0. The van der Waals surface area contributed by atoms with Crippen LogP contribution < -0.4 is 0 Å². The molecule has 3 rings (SSSR count). The highest BCUT2D eigenvalue weighted by atomic mass is 16.6. The van der Waals surface area contributed by atoms with Crippen molar-refractivity contribution < 1.29 is 14.3 Å². The number of allylic oxidation sites excluding steroid dienone is 3. The first-order chi connectivity index (χ1) is 8.52. The van der Waals surface area contributed by atoms with E-state index >= 15 is 0 Å². The van der Waals surface area contributed by atoms with Crippen molar-refractivity contribution in [3.05, 3.63) is 23.3 Å². The van der Waals surface area contributed by atoms with Crippen molar-refractivity contribution in [2.75, 3.05) is 0 Å². The van der Waals surface area contributed by atoms with Crippen LogP contribution in [0.1, 0.15) is 39.5 Å². The third kappa shape index (κ3) is 1.57. The van der Waals surface area contributed by atoms with Crippen LogP contribution >= 0.6 is 0 Å². The Hall–Kier alpha value is -1.38. The maximum Gasteiger partial charge on any atom is 0.306 e. The highest BCUT2D eigenvalue weighted by Gasteiger charge is 2.52. The molecule has 3 aliphatic rings. The maximum absolute atomic E-state index is 12.1. The molecular weight excluding hydrogens is 228 g/mol. The lowest BCUT2D eigenvalue weighted by molar-refractivity contribution is -0.152. The van der Waals surface area contributed by atoms with Gasteiger partial charge in [-0.15, -0.1) is 0 Å². The Morgan fingerprint density at radius 3 is 2.61 bits per heavy atom. The van der Waals surface area contributed by atoms with Crippen LogP contribution in [-0.4, -0.2) is 17.4 Å². The highest BCUT2D eigenvalue weighted by molar-refractivity contribution is 5.94. The molecule has 0 amide bonds. The van der Waals surface area contributed by atoms with E-state index in [-0.39, 0.29) is 23.6 Å². The van der Waals surface area contributed by atoms with Crippen molar-refractivity contribution in [2.24, 2.45) is 11.8 Å². The molecule has 0 aromatic rings. The lowest BCUT2D eigenvalue weighted by Crippen LogP contribution is -2.47. The predicted molar refractivity (Wildman–Crippen MR) is 66.8 cm³/mol. The Morgan fingerprint density at radius 1 is 1.22 bits per heavy atom. The summed E-state index contributed by atoms with van der Waals surface area (Å²) in [6.07, 6.45) is 6.37. The van der Waals surface area contributed by atoms with E-state index in [9.17, 15) is 9.59 Å². The molecule has 0 aromatic carbocycles. The Labute approximate surface area is 107 Å². The van der Waals surface area contributed by atoms with Gasteiger partial charge in [-0.2, -0.15) is 0 Å². The summed E-state index contributed by atoms with van der Waals surface area (Å²) < 4.78 is 5.59. The summed E-state index contributed by atoms with van der Waals surface area (Å²) in [6.45, 7) is 4.23. The lowest BCUT2D eigenvalue weighted by Gasteiger charge is -2.43. The topological polar surface area (TPSA) is 43.4 Å². The fourth-order valence-electron chi connectivity index (χ4n) is 3.57. The SMILES string of the molecule is CC1=C(C)C[C@H]2[C@@H](C1)C(=O)C=C[C@]21CCC(=O)O1. The van der Waals surface area contributed by atoms with Crippen molar-refractivity contribution in [1.29, 1.82) is 0 Å². The minimum absolute atomic E-state index is 0.00426. The second-order valence-corrected chi connectivity index (χ2v) is 5.85. The first-order valence-electron chi connectivity index (χ1n) is 6.62. The van der Waals surface area contributed by atoms with Gasteiger partial charge in [-0.3, -0.25) is 9.59 Å². The molecule has 1 saturated heterocycles. The van der Waals surface area contributed by atoms with Crippen LogP contribution in [0.4, 0.5) is 0 Å². The molecule has 0 aromatic heterocycles. The average molecular weight is 246 g/mol. The molecular formula is C15H18O3. The van der Waals surface area contributed by atoms with Gasteiger partial charge in [-0.25, -0.2) is 0 Å². The van der Waals surface area contributed by atoms with Crippen molar-refractivity contribution in [3.8, 4) is 0 Å². The lowest BCUT2D eigenvalue weighted by atomic mass is 9.63. The molecule has 0 unspecified atom stereocenters. The van der Waals surface area contributed by atoms with Gasteiger partial charge in [0.15, 0.2) is 5.78 Å². The number of ketones is 1. The summed E-state index contributed by atoms with van der Waals surface area (Å²) in [4.78, 5) is 23.5. The highest BCUT2D eigenvalue weighted by Crippen LogP contribution is 2.49. The maximum atomic E-state index is 12.1. The summed E-state index contributed by atoms with van der Waals surface area (Å²) in [5.74, 6) is 0.215. The predicted octanol–water partition coefficient (Wildman–Crippen LogP) is 2.56. The zero-order valence-electron chi connectivity index (χ0n) is 10.9. The molecule has 18 heavy (non-hydrogen) atoms. The normalized spacial score (nSPS) is 39.2. The van der Waals surface area contributed by atoms with Crippen molar-refractivity contribution in [2.45, 2.75) is 45.1 Å². The number of esters is 1. The van der Waals surface area contributed by atoms with Crippen molar-refractivity contribution in [1.82, 2.24) is 0 Å². The van der Waals surface area contributed by atoms with Gasteiger partial charge in [0, 0.05) is 24.7 Å². The summed E-state index contributed by atoms with van der Waals surface area (Å²) >= 11 is 0. The third-order valence-electron chi connectivity index (χ3n) is 4.81. The number of carbonyl (C=O) groups excluding carboxylic acids is 2. The van der Waals surface area contributed by atoms with Crippen LogP contribution in [0.2, 0.25) is 0 Å². The molecule has 3 atom stereocenters. The minimum Gasteiger partial charge on any atom is -0.454 e. The minimum atomic E-state index is -0.502. The smallest absolute Gasteiger partial charge is 0.306 e. The summed E-state index contributed by atoms with van der Waals surface area (Å²) in [5.41, 5.74) is 2.17. The van der Waals surface area contributed by atoms with Gasteiger partial charge in [0.2, 0.25) is 0 Å². The van der Waals surface area contributed by atoms with E-state index in [2.05, 4.69) is 13.8 Å². The second-order valence-electron chi connectivity index (χ2n) is 5.85. The van der Waals surface area contributed by atoms with Crippen LogP contribution in [0.15, 0.2) is 23.3 Å². The van der Waals surface area contributed by atoms with Gasteiger partial charge in [-0.05, 0) is 38.8 Å². The van der Waals surface area contributed by atoms with Crippen molar-refractivity contribution >= 4 is 11.8 Å². The summed E-state index contributed by atoms with van der Waals surface area (Å²) in [5, 5.41) is 0. The van der Waals surface area contributed by atoms with E-state index in [1.54, 1.807) is 6.08 Å². The number of carbonyl (C=O) groups is 2. The van der Waals surface area contributed by atoms with Crippen LogP contribution in [0.5, 0.6) is 0 Å². The first kappa shape index (κ1) is 11.7. The number of hydrogen-bond acceptors (Lipinski definition) is 3. The second kappa shape index (κ2) is 3.81. The number of hydrogen-bond donors (Lipinski definition) is 0. The van der Waals surface area contributed by atoms with Gasteiger partial charge >= 0.3 is 5.97 Å². The zero-order valence-corrected chi connectivity index (χ0v) is 10.9. The largest absolute Gasteiger partial charge is 0.454 e. The molecule has 0 bridgehead atoms. The van der Waals surface area contributed by atoms with E-state index in [0.717, 1.165) is 19.3 Å². The fourth-order valence-corrected chi connectivity index (χ4v) is 3.57. The molecule has 0 N–H and O–H groups in total. The Bertz CT molecular complexity index is 486. The van der Waals surface area contributed by atoms with Crippen LogP contribution in [-0.2, 0) is 14.3 Å². The monoisotopic (exact) mass is 246 g/mol. The molecule has 96 valence electrons. The average Bonchev–Trinajstić information content (AvgIpc) is 2.70. The third-order valence-corrected chi connectivity index (χ3v) is 4.81. The molecule has 1 fully saturated rings. The van der Waals surface area contributed by atoms with E-state index in [4.69, 9.17) is 4.74 Å². The van der Waals surface area contributed by atoms with E-state index in [1.165, 1.54) is 11.1 Å². The van der Waals surface area contributed by atoms with Gasteiger partial charge < -0.3 is 4.74 Å². The molecule has 0 radical (unpaired) electrons. The Morgan fingerprint density at radius 2 is 1.94 bits per heavy atom. The van der Waals surface area contributed by atoms with Crippen LogP contribution in [0.3, 0.4) is 0 Å². The van der Waals surface area contributed by atoms with Gasteiger partial charge in [-0.1, -0.05) is 11.1 Å². The molecule has 1 heterocycles. The molecule has 0 saturated carbocycles. The summed E-state index contributed by atoms with van der Waals surface area (Å²) in [7, 11) is 0. The van der Waals surface area contributed by atoms with E-state index in [1.807, 2.05) is 6.08 Å². The quantitative estimate of drug-likeness (QED) is 0.487. The van der Waals surface area contributed by atoms with E-state index in [0.29, 0.717) is 6.42 Å². The number of ether oxygens (including phenoxy) is 1. The standard InChI is InChI=1S/C15H18O3/c1-9-7-11-12(8-10(9)2)15(5-3-13(11)16)6-4-14(17)18-15/h3,5,11-12H,4,6-8H2,1-2H3/t11-,12+,15+/m1/s1. The van der Waals surface area contributed by atoms with Crippen molar-refractivity contribution in [3.63, 3.8) is 0 Å². The Kier molecular flexibility index (Phi) is 2.47. The molecule has 1 spiro atoms. The van der Waals surface area contributed by atoms with Crippen LogP contribution in [0, 0.1) is 11.8 Å². The molecule has 2 aliphatic carbocycles. The molecule has 3 nitrogen and oxygen atoms in total. The van der Waals surface area contributed by atoms with Gasteiger partial charge in [0.25, 0.3) is 0 Å². The Balaban J connectivity index is 2.01. The van der Waals surface area contributed by atoms with Gasteiger partial charge in [0.05, 0.1) is 0 Å². The molecule has 1 aliphatic heterocycles. The molecule has 3 heteroatoms.